The molecular weight excluding hydrogens is 321 g/mol. The largest absolute Gasteiger partial charge is 0.399 e. The van der Waals surface area contributed by atoms with Crippen molar-refractivity contribution in [2.75, 3.05) is 5.73 Å². The van der Waals surface area contributed by atoms with Crippen LogP contribution in [0.25, 0.3) is 0 Å². The molecule has 0 amide bonds. The van der Waals surface area contributed by atoms with Crippen LogP contribution in [0.4, 0.5) is 5.69 Å². The lowest BCUT2D eigenvalue weighted by atomic mass is 10.1. The number of thiophene rings is 1. The maximum Gasteiger partial charge on any atom is 0.204 e. The quantitative estimate of drug-likeness (QED) is 0.522. The zero-order chi connectivity index (χ0) is 10.8. The maximum absolute atomic E-state index is 12.0. The summed E-state index contributed by atoms with van der Waals surface area (Å²) in [6, 6.07) is 8.94. The molecule has 0 radical (unpaired) electrons. The Morgan fingerprint density at radius 1 is 1.20 bits per heavy atom. The van der Waals surface area contributed by atoms with Gasteiger partial charge in [-0.1, -0.05) is 0 Å². The van der Waals surface area contributed by atoms with Crippen molar-refractivity contribution in [2.45, 2.75) is 0 Å². The molecule has 0 fully saturated rings. The lowest BCUT2D eigenvalue weighted by molar-refractivity contribution is 0.104. The van der Waals surface area contributed by atoms with Gasteiger partial charge in [0.15, 0.2) is 0 Å². The maximum atomic E-state index is 12.0. The van der Waals surface area contributed by atoms with Gasteiger partial charge in [-0.15, -0.1) is 11.3 Å². The predicted molar refractivity (Wildman–Crippen MR) is 71.3 cm³/mol. The lowest BCUT2D eigenvalue weighted by Crippen LogP contribution is -2.00. The van der Waals surface area contributed by atoms with Gasteiger partial charge >= 0.3 is 0 Å². The number of rotatable bonds is 2. The zero-order valence-electron chi connectivity index (χ0n) is 7.74. The third-order valence-electron chi connectivity index (χ3n) is 2.00. The van der Waals surface area contributed by atoms with Crippen molar-refractivity contribution in [1.29, 1.82) is 0 Å². The fourth-order valence-corrected chi connectivity index (χ4v) is 3.02. The van der Waals surface area contributed by atoms with Crippen molar-refractivity contribution in [3.63, 3.8) is 0 Å². The summed E-state index contributed by atoms with van der Waals surface area (Å²) in [7, 11) is 0. The Hall–Kier alpha value is -0.880. The van der Waals surface area contributed by atoms with E-state index in [-0.39, 0.29) is 5.78 Å². The number of nitrogens with two attached hydrogens (primary N) is 1. The SMILES string of the molecule is Nc1ccc(C(=O)c2sccc2I)cc1. The van der Waals surface area contributed by atoms with Gasteiger partial charge in [0.25, 0.3) is 0 Å². The molecule has 0 aliphatic carbocycles. The second-order valence-corrected chi connectivity index (χ2v) is 5.13. The highest BCUT2D eigenvalue weighted by molar-refractivity contribution is 14.1. The summed E-state index contributed by atoms with van der Waals surface area (Å²) in [4.78, 5) is 12.8. The minimum absolute atomic E-state index is 0.0643. The van der Waals surface area contributed by atoms with Crippen molar-refractivity contribution in [2.24, 2.45) is 0 Å². The Morgan fingerprint density at radius 2 is 1.87 bits per heavy atom. The van der Waals surface area contributed by atoms with Crippen LogP contribution in [0.1, 0.15) is 15.2 Å². The average molecular weight is 329 g/mol. The third kappa shape index (κ3) is 2.21. The minimum Gasteiger partial charge on any atom is -0.399 e. The summed E-state index contributed by atoms with van der Waals surface area (Å²) in [6.45, 7) is 0. The molecular formula is C11H8INOS. The molecule has 0 aliphatic heterocycles. The van der Waals surface area contributed by atoms with E-state index in [1.165, 1.54) is 11.3 Å². The van der Waals surface area contributed by atoms with Gasteiger partial charge in [0, 0.05) is 14.8 Å². The average Bonchev–Trinajstić information content (AvgIpc) is 2.65. The van der Waals surface area contributed by atoms with Crippen LogP contribution in [-0.2, 0) is 0 Å². The molecule has 1 heterocycles. The van der Waals surface area contributed by atoms with Crippen LogP contribution in [-0.4, -0.2) is 5.78 Å². The Balaban J connectivity index is 2.37. The fraction of sp³-hybridized carbons (Fsp3) is 0. The first-order valence-electron chi connectivity index (χ1n) is 4.31. The van der Waals surface area contributed by atoms with E-state index < -0.39 is 0 Å². The normalized spacial score (nSPS) is 10.2. The van der Waals surface area contributed by atoms with Crippen LogP contribution in [0.15, 0.2) is 35.7 Å². The number of hydrogen-bond acceptors (Lipinski definition) is 3. The zero-order valence-corrected chi connectivity index (χ0v) is 10.7. The molecule has 4 heteroatoms. The molecule has 0 unspecified atom stereocenters. The van der Waals surface area contributed by atoms with Gasteiger partial charge in [0.1, 0.15) is 0 Å². The van der Waals surface area contributed by atoms with Crippen LogP contribution in [0.3, 0.4) is 0 Å². The molecule has 1 aromatic heterocycles. The summed E-state index contributed by atoms with van der Waals surface area (Å²) in [6.07, 6.45) is 0. The number of anilines is 1. The molecule has 1 aromatic carbocycles. The highest BCUT2D eigenvalue weighted by Crippen LogP contribution is 2.22. The monoisotopic (exact) mass is 329 g/mol. The summed E-state index contributed by atoms with van der Waals surface area (Å²) in [5, 5.41) is 1.92. The molecule has 0 saturated heterocycles. The molecule has 0 bridgehead atoms. The minimum atomic E-state index is 0.0643. The Bertz CT molecular complexity index is 490. The Morgan fingerprint density at radius 3 is 2.40 bits per heavy atom. The van der Waals surface area contributed by atoms with Crippen molar-refractivity contribution in [3.05, 3.63) is 49.7 Å². The first-order valence-corrected chi connectivity index (χ1v) is 6.27. The van der Waals surface area contributed by atoms with Gasteiger partial charge in [-0.25, -0.2) is 0 Å². The molecule has 0 spiro atoms. The standard InChI is InChI=1S/C11H8INOS/c12-9-5-6-15-11(9)10(14)7-1-3-8(13)4-2-7/h1-6H,13H2. The first-order chi connectivity index (χ1) is 7.18. The van der Waals surface area contributed by atoms with Crippen molar-refractivity contribution >= 4 is 45.4 Å². The van der Waals surface area contributed by atoms with E-state index in [4.69, 9.17) is 5.73 Å². The number of halogens is 1. The summed E-state index contributed by atoms with van der Waals surface area (Å²) < 4.78 is 0.999. The highest BCUT2D eigenvalue weighted by atomic mass is 127. The van der Waals surface area contributed by atoms with E-state index in [0.717, 1.165) is 8.45 Å². The van der Waals surface area contributed by atoms with Crippen LogP contribution in [0, 0.1) is 3.57 Å². The molecule has 2 aromatic rings. The van der Waals surface area contributed by atoms with Gasteiger partial charge in [-0.05, 0) is 58.3 Å². The molecule has 0 atom stereocenters. The van der Waals surface area contributed by atoms with E-state index in [2.05, 4.69) is 22.6 Å². The van der Waals surface area contributed by atoms with Crippen LogP contribution in [0.2, 0.25) is 0 Å². The molecule has 2 rings (SSSR count). The molecule has 2 N–H and O–H groups in total. The Labute approximate surface area is 105 Å². The molecule has 76 valence electrons. The molecule has 0 aliphatic rings. The van der Waals surface area contributed by atoms with E-state index in [9.17, 15) is 4.79 Å². The van der Waals surface area contributed by atoms with E-state index in [1.54, 1.807) is 24.3 Å². The molecule has 2 nitrogen and oxygen atoms in total. The van der Waals surface area contributed by atoms with Crippen LogP contribution < -0.4 is 5.73 Å². The van der Waals surface area contributed by atoms with Gasteiger partial charge in [0.05, 0.1) is 4.88 Å². The smallest absolute Gasteiger partial charge is 0.204 e. The van der Waals surface area contributed by atoms with E-state index in [1.807, 2.05) is 11.4 Å². The number of carbonyl (C=O) groups is 1. The van der Waals surface area contributed by atoms with Gasteiger partial charge in [-0.3, -0.25) is 4.79 Å². The fourth-order valence-electron chi connectivity index (χ4n) is 1.22. The number of ketones is 1. The predicted octanol–water partition coefficient (Wildman–Crippen LogP) is 3.17. The molecule has 15 heavy (non-hydrogen) atoms. The highest BCUT2D eigenvalue weighted by Gasteiger charge is 2.13. The number of carbonyl (C=O) groups excluding carboxylic acids is 1. The second-order valence-electron chi connectivity index (χ2n) is 3.05. The first kappa shape index (κ1) is 10.6. The third-order valence-corrected chi connectivity index (χ3v) is 4.17. The summed E-state index contributed by atoms with van der Waals surface area (Å²) in [5.74, 6) is 0.0643. The topological polar surface area (TPSA) is 43.1 Å². The van der Waals surface area contributed by atoms with E-state index in [0.29, 0.717) is 11.3 Å². The number of nitrogen functional groups attached to an aromatic ring is 1. The lowest BCUT2D eigenvalue weighted by Gasteiger charge is -1.99. The Kier molecular flexibility index (Phi) is 3.06. The van der Waals surface area contributed by atoms with Gasteiger partial charge in [-0.2, -0.15) is 0 Å². The van der Waals surface area contributed by atoms with Crippen molar-refractivity contribution in [3.8, 4) is 0 Å². The molecule has 0 saturated carbocycles. The van der Waals surface area contributed by atoms with Gasteiger partial charge < -0.3 is 5.73 Å². The van der Waals surface area contributed by atoms with Crippen LogP contribution >= 0.6 is 33.9 Å². The second kappa shape index (κ2) is 4.32. The van der Waals surface area contributed by atoms with Crippen molar-refractivity contribution in [1.82, 2.24) is 0 Å². The number of benzene rings is 1. The summed E-state index contributed by atoms with van der Waals surface area (Å²) >= 11 is 3.64. The van der Waals surface area contributed by atoms with Crippen molar-refractivity contribution < 1.29 is 4.79 Å². The number of hydrogen-bond donors (Lipinski definition) is 1. The van der Waals surface area contributed by atoms with Gasteiger partial charge in [0.2, 0.25) is 5.78 Å². The van der Waals surface area contributed by atoms with E-state index >= 15 is 0 Å². The van der Waals surface area contributed by atoms with Crippen LogP contribution in [0.5, 0.6) is 0 Å². The summed E-state index contributed by atoms with van der Waals surface area (Å²) in [5.41, 5.74) is 6.92.